The molecule has 1 heterocycles. The highest BCUT2D eigenvalue weighted by molar-refractivity contribution is 14.0. The van der Waals surface area contributed by atoms with Crippen LogP contribution in [0.25, 0.3) is 0 Å². The van der Waals surface area contributed by atoms with Crippen molar-refractivity contribution in [2.24, 2.45) is 4.99 Å². The molecule has 0 bridgehead atoms. The third kappa shape index (κ3) is 8.99. The van der Waals surface area contributed by atoms with Crippen LogP contribution in [0, 0.1) is 0 Å². The van der Waals surface area contributed by atoms with Crippen molar-refractivity contribution < 1.29 is 17.9 Å². The van der Waals surface area contributed by atoms with Crippen molar-refractivity contribution in [3.8, 4) is 0 Å². The Kier molecular flexibility index (Phi) is 11.1. The van der Waals surface area contributed by atoms with Gasteiger partial charge in [-0.3, -0.25) is 9.89 Å². The molecule has 0 aromatic rings. The van der Waals surface area contributed by atoms with E-state index in [9.17, 15) is 13.2 Å². The van der Waals surface area contributed by atoms with Crippen molar-refractivity contribution in [2.45, 2.75) is 31.5 Å². The first kappa shape index (κ1) is 21.7. The number of rotatable bonds is 7. The molecule has 1 saturated heterocycles. The summed E-state index contributed by atoms with van der Waals surface area (Å²) in [5.74, 6) is 0.415. The van der Waals surface area contributed by atoms with Crippen LogP contribution in [0.15, 0.2) is 4.99 Å². The third-order valence-corrected chi connectivity index (χ3v) is 3.51. The molecule has 132 valence electrons. The maximum Gasteiger partial charge on any atom is 0.390 e. The number of methoxy groups -OCH3 is 1. The van der Waals surface area contributed by atoms with Crippen LogP contribution in [0.4, 0.5) is 13.2 Å². The zero-order valence-electron chi connectivity index (χ0n) is 13.1. The summed E-state index contributed by atoms with van der Waals surface area (Å²) in [5.41, 5.74) is 0. The van der Waals surface area contributed by atoms with Crippen molar-refractivity contribution in [1.29, 1.82) is 0 Å². The monoisotopic (exact) mass is 438 g/mol. The molecule has 0 radical (unpaired) electrons. The second kappa shape index (κ2) is 11.3. The summed E-state index contributed by atoms with van der Waals surface area (Å²) in [6.07, 6.45) is -2.79. The Balaban J connectivity index is 0.00000441. The number of alkyl halides is 3. The van der Waals surface area contributed by atoms with Crippen LogP contribution in [0.1, 0.15) is 19.3 Å². The van der Waals surface area contributed by atoms with Crippen molar-refractivity contribution in [3.05, 3.63) is 0 Å². The standard InChI is InChI=1S/C13H25F3N4O.HI/c1-17-12(18-6-5-13(14,15)16)19-10-11-4-3-7-20(11)8-9-21-2;/h11H,3-10H2,1-2H3,(H2,17,18,19);1H. The zero-order valence-corrected chi connectivity index (χ0v) is 15.4. The molecule has 0 amide bonds. The quantitative estimate of drug-likeness (QED) is 0.362. The Morgan fingerprint density at radius 1 is 1.36 bits per heavy atom. The van der Waals surface area contributed by atoms with Gasteiger partial charge >= 0.3 is 6.18 Å². The fraction of sp³-hybridized carbons (Fsp3) is 0.923. The Morgan fingerprint density at radius 2 is 2.09 bits per heavy atom. The molecule has 5 nitrogen and oxygen atoms in total. The summed E-state index contributed by atoms with van der Waals surface area (Å²) in [4.78, 5) is 6.27. The van der Waals surface area contributed by atoms with E-state index in [1.54, 1.807) is 14.2 Å². The molecule has 0 aliphatic carbocycles. The second-order valence-corrected chi connectivity index (χ2v) is 5.07. The fourth-order valence-corrected chi connectivity index (χ4v) is 2.39. The summed E-state index contributed by atoms with van der Waals surface area (Å²) in [7, 11) is 3.23. The molecule has 1 atom stereocenters. The predicted octanol–water partition coefficient (Wildman–Crippen LogP) is 1.83. The van der Waals surface area contributed by atoms with Gasteiger partial charge in [-0.2, -0.15) is 13.2 Å². The van der Waals surface area contributed by atoms with Gasteiger partial charge in [0.2, 0.25) is 0 Å². The van der Waals surface area contributed by atoms with Gasteiger partial charge in [0.25, 0.3) is 0 Å². The van der Waals surface area contributed by atoms with Gasteiger partial charge in [0, 0.05) is 39.8 Å². The largest absolute Gasteiger partial charge is 0.390 e. The lowest BCUT2D eigenvalue weighted by atomic mass is 10.2. The Morgan fingerprint density at radius 3 is 2.68 bits per heavy atom. The lowest BCUT2D eigenvalue weighted by molar-refractivity contribution is -0.132. The van der Waals surface area contributed by atoms with E-state index >= 15 is 0 Å². The molecule has 1 unspecified atom stereocenters. The number of halogens is 4. The molecule has 1 rings (SSSR count). The van der Waals surface area contributed by atoms with Gasteiger partial charge in [-0.15, -0.1) is 24.0 Å². The number of aliphatic imine (C=N–C) groups is 1. The van der Waals surface area contributed by atoms with Gasteiger partial charge in [0.15, 0.2) is 5.96 Å². The molecule has 1 aliphatic heterocycles. The fourth-order valence-electron chi connectivity index (χ4n) is 2.39. The number of nitrogens with one attached hydrogen (secondary N) is 2. The molecule has 0 aromatic carbocycles. The number of hydrogen-bond acceptors (Lipinski definition) is 3. The zero-order chi connectivity index (χ0) is 15.7. The highest BCUT2D eigenvalue weighted by Gasteiger charge is 2.27. The Bertz CT molecular complexity index is 329. The van der Waals surface area contributed by atoms with Gasteiger partial charge in [0.05, 0.1) is 13.0 Å². The summed E-state index contributed by atoms with van der Waals surface area (Å²) in [6.45, 7) is 3.12. The molecule has 0 saturated carbocycles. The molecule has 0 spiro atoms. The summed E-state index contributed by atoms with van der Waals surface area (Å²) in [5, 5.41) is 5.78. The molecule has 1 aliphatic rings. The van der Waals surface area contributed by atoms with Crippen LogP contribution >= 0.6 is 24.0 Å². The van der Waals surface area contributed by atoms with E-state index in [-0.39, 0.29) is 30.5 Å². The Labute approximate surface area is 147 Å². The van der Waals surface area contributed by atoms with Gasteiger partial charge in [-0.05, 0) is 19.4 Å². The maximum atomic E-state index is 12.1. The minimum atomic E-state index is -4.14. The van der Waals surface area contributed by atoms with E-state index in [1.807, 2.05) is 0 Å². The molecule has 1 fully saturated rings. The number of guanidine groups is 1. The van der Waals surface area contributed by atoms with E-state index in [0.717, 1.165) is 25.9 Å². The van der Waals surface area contributed by atoms with Gasteiger partial charge in [-0.25, -0.2) is 0 Å². The smallest absolute Gasteiger partial charge is 0.383 e. The van der Waals surface area contributed by atoms with Crippen molar-refractivity contribution in [3.63, 3.8) is 0 Å². The van der Waals surface area contributed by atoms with Crippen LogP contribution in [-0.2, 0) is 4.74 Å². The first-order valence-corrected chi connectivity index (χ1v) is 7.20. The average Bonchev–Trinajstić information content (AvgIpc) is 2.86. The molecular formula is C13H26F3IN4O. The normalized spacial score (nSPS) is 19.9. The maximum absolute atomic E-state index is 12.1. The van der Waals surface area contributed by atoms with Crippen LogP contribution < -0.4 is 10.6 Å². The minimum Gasteiger partial charge on any atom is -0.383 e. The summed E-state index contributed by atoms with van der Waals surface area (Å²) < 4.78 is 41.4. The summed E-state index contributed by atoms with van der Waals surface area (Å²) in [6, 6.07) is 0.376. The van der Waals surface area contributed by atoms with E-state index < -0.39 is 12.6 Å². The van der Waals surface area contributed by atoms with Crippen molar-refractivity contribution >= 4 is 29.9 Å². The Hall–Kier alpha value is -0.290. The highest BCUT2D eigenvalue weighted by atomic mass is 127. The van der Waals surface area contributed by atoms with E-state index in [4.69, 9.17) is 4.74 Å². The molecule has 9 heteroatoms. The lowest BCUT2D eigenvalue weighted by Crippen LogP contribution is -2.46. The third-order valence-electron chi connectivity index (χ3n) is 3.51. The molecule has 0 aromatic heterocycles. The van der Waals surface area contributed by atoms with Gasteiger partial charge < -0.3 is 15.4 Å². The SMILES string of the molecule is CN=C(NCCC(F)(F)F)NCC1CCCN1CCOC.I. The molecule has 22 heavy (non-hydrogen) atoms. The molecule has 2 N–H and O–H groups in total. The van der Waals surface area contributed by atoms with E-state index in [0.29, 0.717) is 25.2 Å². The minimum absolute atomic E-state index is 0. The van der Waals surface area contributed by atoms with E-state index in [1.165, 1.54) is 0 Å². The summed E-state index contributed by atoms with van der Waals surface area (Å²) >= 11 is 0. The van der Waals surface area contributed by atoms with Gasteiger partial charge in [0.1, 0.15) is 0 Å². The first-order valence-electron chi connectivity index (χ1n) is 7.20. The number of nitrogens with zero attached hydrogens (tertiary/aromatic N) is 2. The lowest BCUT2D eigenvalue weighted by Gasteiger charge is -2.25. The molecular weight excluding hydrogens is 412 g/mol. The van der Waals surface area contributed by atoms with Crippen LogP contribution in [0.5, 0.6) is 0 Å². The number of likely N-dealkylation sites (tertiary alicyclic amines) is 1. The van der Waals surface area contributed by atoms with Crippen LogP contribution in [-0.4, -0.2) is 70.0 Å². The van der Waals surface area contributed by atoms with Gasteiger partial charge in [-0.1, -0.05) is 0 Å². The average molecular weight is 438 g/mol. The number of hydrogen-bond donors (Lipinski definition) is 2. The predicted molar refractivity (Wildman–Crippen MR) is 91.9 cm³/mol. The van der Waals surface area contributed by atoms with Crippen LogP contribution in [0.3, 0.4) is 0 Å². The van der Waals surface area contributed by atoms with Crippen molar-refractivity contribution in [1.82, 2.24) is 15.5 Å². The first-order chi connectivity index (χ1) is 9.96. The number of ether oxygens (including phenoxy) is 1. The highest BCUT2D eigenvalue weighted by Crippen LogP contribution is 2.18. The van der Waals surface area contributed by atoms with Crippen LogP contribution in [0.2, 0.25) is 0 Å². The topological polar surface area (TPSA) is 48.9 Å². The van der Waals surface area contributed by atoms with Crippen molar-refractivity contribution in [2.75, 3.05) is 46.9 Å². The second-order valence-electron chi connectivity index (χ2n) is 5.07. The van der Waals surface area contributed by atoms with E-state index in [2.05, 4.69) is 20.5 Å².